The van der Waals surface area contributed by atoms with Gasteiger partial charge in [-0.25, -0.2) is 0 Å². The summed E-state index contributed by atoms with van der Waals surface area (Å²) in [5.74, 6) is 2.23. The number of hydrogen-bond donors (Lipinski definition) is 1. The molecule has 0 aromatic heterocycles. The van der Waals surface area contributed by atoms with Crippen LogP contribution in [0.4, 0.5) is 0 Å². The van der Waals surface area contributed by atoms with Crippen LogP contribution in [0.1, 0.15) is 48.1 Å². The lowest BCUT2D eigenvalue weighted by Crippen LogP contribution is -2.31. The summed E-state index contributed by atoms with van der Waals surface area (Å²) in [5, 5.41) is 3.63. The van der Waals surface area contributed by atoms with Crippen LogP contribution in [0.3, 0.4) is 0 Å². The fraction of sp³-hybridized carbons (Fsp3) is 0.400. The summed E-state index contributed by atoms with van der Waals surface area (Å²) in [6.45, 7) is 5.38. The van der Waals surface area contributed by atoms with E-state index in [9.17, 15) is 0 Å². The molecule has 1 aliphatic rings. The molecule has 3 rings (SSSR count). The van der Waals surface area contributed by atoms with Gasteiger partial charge in [-0.1, -0.05) is 44.2 Å². The lowest BCUT2D eigenvalue weighted by Gasteiger charge is -2.29. The first-order valence-electron chi connectivity index (χ1n) is 8.22. The van der Waals surface area contributed by atoms with E-state index in [1.54, 1.807) is 14.2 Å². The van der Waals surface area contributed by atoms with Crippen LogP contribution in [0.5, 0.6) is 11.5 Å². The quantitative estimate of drug-likeness (QED) is 0.923. The molecule has 0 spiro atoms. The lowest BCUT2D eigenvalue weighted by atomic mass is 9.88. The van der Waals surface area contributed by atoms with Crippen LogP contribution in [0.25, 0.3) is 0 Å². The Morgan fingerprint density at radius 2 is 1.74 bits per heavy atom. The van der Waals surface area contributed by atoms with E-state index < -0.39 is 0 Å². The van der Waals surface area contributed by atoms with Gasteiger partial charge in [-0.15, -0.1) is 0 Å². The summed E-state index contributed by atoms with van der Waals surface area (Å²) >= 11 is 0. The van der Waals surface area contributed by atoms with E-state index in [2.05, 4.69) is 49.5 Å². The first kappa shape index (κ1) is 15.9. The number of nitrogens with one attached hydrogen (secondary N) is 1. The van der Waals surface area contributed by atoms with Crippen molar-refractivity contribution in [2.24, 2.45) is 0 Å². The second-order valence-corrected chi connectivity index (χ2v) is 6.33. The van der Waals surface area contributed by atoms with Crippen molar-refractivity contribution in [3.63, 3.8) is 0 Å². The zero-order valence-electron chi connectivity index (χ0n) is 14.3. The second kappa shape index (κ2) is 6.63. The van der Waals surface area contributed by atoms with Crippen LogP contribution in [-0.4, -0.2) is 20.8 Å². The topological polar surface area (TPSA) is 30.5 Å². The first-order valence-corrected chi connectivity index (χ1v) is 8.22. The number of ether oxygens (including phenoxy) is 2. The molecular formula is C20H25NO2. The molecule has 1 atom stereocenters. The Balaban J connectivity index is 2.01. The van der Waals surface area contributed by atoms with Gasteiger partial charge in [0.1, 0.15) is 0 Å². The molecule has 3 nitrogen and oxygen atoms in total. The molecule has 23 heavy (non-hydrogen) atoms. The van der Waals surface area contributed by atoms with E-state index in [1.165, 1.54) is 22.3 Å². The molecule has 0 amide bonds. The predicted octanol–water partition coefficient (Wildman–Crippen LogP) is 4.06. The average Bonchev–Trinajstić information content (AvgIpc) is 2.60. The van der Waals surface area contributed by atoms with Crippen LogP contribution in [0, 0.1) is 0 Å². The van der Waals surface area contributed by atoms with Crippen molar-refractivity contribution >= 4 is 0 Å². The van der Waals surface area contributed by atoms with Crippen LogP contribution < -0.4 is 14.8 Å². The molecule has 1 aliphatic heterocycles. The van der Waals surface area contributed by atoms with Gasteiger partial charge in [0.2, 0.25) is 0 Å². The van der Waals surface area contributed by atoms with Gasteiger partial charge in [-0.3, -0.25) is 0 Å². The molecule has 0 radical (unpaired) electrons. The van der Waals surface area contributed by atoms with Crippen LogP contribution in [0.2, 0.25) is 0 Å². The largest absolute Gasteiger partial charge is 0.493 e. The lowest BCUT2D eigenvalue weighted by molar-refractivity contribution is 0.348. The molecular weight excluding hydrogens is 286 g/mol. The third-order valence-electron chi connectivity index (χ3n) is 4.66. The molecule has 122 valence electrons. The van der Waals surface area contributed by atoms with E-state index in [0.717, 1.165) is 24.5 Å². The van der Waals surface area contributed by atoms with Crippen LogP contribution in [0.15, 0.2) is 36.4 Å². The minimum absolute atomic E-state index is 0.208. The van der Waals surface area contributed by atoms with E-state index >= 15 is 0 Å². The minimum atomic E-state index is 0.208. The second-order valence-electron chi connectivity index (χ2n) is 6.33. The molecule has 1 heterocycles. The van der Waals surface area contributed by atoms with Crippen molar-refractivity contribution in [1.82, 2.24) is 5.32 Å². The standard InChI is InChI=1S/C20H25NO2/c1-13(2)14-5-7-15(8-6-14)19-16-9-10-18(22-3)20(23-4)17(16)11-12-21-19/h5-10,13,19,21H,11-12H2,1-4H3. The number of benzene rings is 2. The number of hydrogen-bond acceptors (Lipinski definition) is 3. The van der Waals surface area contributed by atoms with Gasteiger partial charge in [-0.2, -0.15) is 0 Å². The number of rotatable bonds is 4. The maximum atomic E-state index is 5.62. The van der Waals surface area contributed by atoms with Gasteiger partial charge in [-0.05, 0) is 35.1 Å². The molecule has 0 aliphatic carbocycles. The van der Waals surface area contributed by atoms with Crippen molar-refractivity contribution in [2.45, 2.75) is 32.2 Å². The Bertz CT molecular complexity index is 677. The van der Waals surface area contributed by atoms with Crippen molar-refractivity contribution in [3.05, 3.63) is 58.7 Å². The van der Waals surface area contributed by atoms with Gasteiger partial charge < -0.3 is 14.8 Å². The normalized spacial score (nSPS) is 17.0. The molecule has 2 aromatic carbocycles. The predicted molar refractivity (Wildman–Crippen MR) is 93.6 cm³/mol. The van der Waals surface area contributed by atoms with Crippen molar-refractivity contribution in [2.75, 3.05) is 20.8 Å². The summed E-state index contributed by atoms with van der Waals surface area (Å²) in [5.41, 5.74) is 5.20. The highest BCUT2D eigenvalue weighted by atomic mass is 16.5. The van der Waals surface area contributed by atoms with Gasteiger partial charge in [0.25, 0.3) is 0 Å². The van der Waals surface area contributed by atoms with Gasteiger partial charge >= 0.3 is 0 Å². The molecule has 1 N–H and O–H groups in total. The summed E-state index contributed by atoms with van der Waals surface area (Å²) < 4.78 is 11.1. The van der Waals surface area contributed by atoms with Crippen molar-refractivity contribution in [3.8, 4) is 11.5 Å². The van der Waals surface area contributed by atoms with Crippen molar-refractivity contribution in [1.29, 1.82) is 0 Å². The maximum absolute atomic E-state index is 5.62. The Kier molecular flexibility index (Phi) is 4.58. The van der Waals surface area contributed by atoms with E-state index in [4.69, 9.17) is 9.47 Å². The number of fused-ring (bicyclic) bond motifs is 1. The Labute approximate surface area is 138 Å². The Morgan fingerprint density at radius 3 is 2.35 bits per heavy atom. The molecule has 1 unspecified atom stereocenters. The summed E-state index contributed by atoms with van der Waals surface area (Å²) in [4.78, 5) is 0. The first-order chi connectivity index (χ1) is 11.2. The third kappa shape index (κ3) is 2.93. The zero-order valence-corrected chi connectivity index (χ0v) is 14.3. The number of methoxy groups -OCH3 is 2. The fourth-order valence-corrected chi connectivity index (χ4v) is 3.36. The molecule has 3 heteroatoms. The van der Waals surface area contributed by atoms with Crippen LogP contribution >= 0.6 is 0 Å². The highest BCUT2D eigenvalue weighted by molar-refractivity contribution is 5.54. The molecule has 2 aromatic rings. The van der Waals surface area contributed by atoms with Gasteiger partial charge in [0.05, 0.1) is 20.3 Å². The minimum Gasteiger partial charge on any atom is -0.493 e. The smallest absolute Gasteiger partial charge is 0.164 e. The molecule has 0 fully saturated rings. The summed E-state index contributed by atoms with van der Waals surface area (Å²) in [6, 6.07) is 13.3. The highest BCUT2D eigenvalue weighted by Gasteiger charge is 2.25. The fourth-order valence-electron chi connectivity index (χ4n) is 3.36. The van der Waals surface area contributed by atoms with Gasteiger partial charge in [0.15, 0.2) is 11.5 Å². The highest BCUT2D eigenvalue weighted by Crippen LogP contribution is 2.39. The zero-order chi connectivity index (χ0) is 16.4. The average molecular weight is 311 g/mol. The van der Waals surface area contributed by atoms with E-state index in [-0.39, 0.29) is 6.04 Å². The van der Waals surface area contributed by atoms with E-state index in [1.807, 2.05) is 6.07 Å². The summed E-state index contributed by atoms with van der Waals surface area (Å²) in [7, 11) is 3.40. The SMILES string of the molecule is COc1ccc2c(c1OC)CCNC2c1ccc(C(C)C)cc1. The molecule has 0 bridgehead atoms. The van der Waals surface area contributed by atoms with Crippen LogP contribution in [-0.2, 0) is 6.42 Å². The molecule has 0 saturated heterocycles. The van der Waals surface area contributed by atoms with Crippen molar-refractivity contribution < 1.29 is 9.47 Å². The van der Waals surface area contributed by atoms with E-state index in [0.29, 0.717) is 5.92 Å². The third-order valence-corrected chi connectivity index (χ3v) is 4.66. The Hall–Kier alpha value is -2.00. The van der Waals surface area contributed by atoms with Gasteiger partial charge in [0, 0.05) is 12.1 Å². The molecule has 0 saturated carbocycles. The monoisotopic (exact) mass is 311 g/mol. The maximum Gasteiger partial charge on any atom is 0.164 e. The Morgan fingerprint density at radius 1 is 1.00 bits per heavy atom. The summed E-state index contributed by atoms with van der Waals surface area (Å²) in [6.07, 6.45) is 0.955.